The minimum absolute atomic E-state index is 0.268. The van der Waals surface area contributed by atoms with Crippen molar-refractivity contribution in [3.8, 4) is 5.75 Å². The molecule has 0 aliphatic carbocycles. The Labute approximate surface area is 200 Å². The van der Waals surface area contributed by atoms with Gasteiger partial charge in [-0.3, -0.25) is 14.2 Å². The number of pyridine rings is 1. The van der Waals surface area contributed by atoms with Crippen LogP contribution in [0, 0.1) is 6.92 Å². The topological polar surface area (TPSA) is 109 Å². The minimum Gasteiger partial charge on any atom is -0.494 e. The van der Waals surface area contributed by atoms with Crippen molar-refractivity contribution in [1.29, 1.82) is 0 Å². The molecule has 1 saturated heterocycles. The number of ether oxygens (including phenoxy) is 1. The molecule has 1 amide bonds. The molecular formula is C25H33N7O2. The van der Waals surface area contributed by atoms with Crippen molar-refractivity contribution in [2.45, 2.75) is 32.7 Å². The summed E-state index contributed by atoms with van der Waals surface area (Å²) in [6.07, 6.45) is 5.81. The van der Waals surface area contributed by atoms with Crippen molar-refractivity contribution < 1.29 is 9.53 Å². The van der Waals surface area contributed by atoms with Gasteiger partial charge in [0.2, 0.25) is 0 Å². The van der Waals surface area contributed by atoms with Crippen LogP contribution in [0.3, 0.4) is 0 Å². The number of carbonyl (C=O) groups is 1. The van der Waals surface area contributed by atoms with E-state index >= 15 is 0 Å². The zero-order chi connectivity index (χ0) is 24.2. The number of methoxy groups -OCH3 is 1. The van der Waals surface area contributed by atoms with Gasteiger partial charge in [0.15, 0.2) is 5.65 Å². The summed E-state index contributed by atoms with van der Waals surface area (Å²) in [6, 6.07) is 7.86. The highest BCUT2D eigenvalue weighted by atomic mass is 16.5. The number of hydrogen-bond donors (Lipinski definition) is 3. The summed E-state index contributed by atoms with van der Waals surface area (Å²) in [5.74, 6) is 1.26. The number of fused-ring (bicyclic) bond motifs is 1. The van der Waals surface area contributed by atoms with Gasteiger partial charge in [0, 0.05) is 55.9 Å². The summed E-state index contributed by atoms with van der Waals surface area (Å²) in [7, 11) is 3.21. The van der Waals surface area contributed by atoms with Crippen LogP contribution in [0.25, 0.3) is 5.65 Å². The largest absolute Gasteiger partial charge is 0.494 e. The summed E-state index contributed by atoms with van der Waals surface area (Å²) in [6.45, 7) is 6.99. The summed E-state index contributed by atoms with van der Waals surface area (Å²) < 4.78 is 7.46. The number of aryl methyl sites for hydroxylation is 1. The highest BCUT2D eigenvalue weighted by Crippen LogP contribution is 2.31. The van der Waals surface area contributed by atoms with E-state index in [-0.39, 0.29) is 5.91 Å². The van der Waals surface area contributed by atoms with Gasteiger partial charge in [0.1, 0.15) is 11.6 Å². The Hall–Kier alpha value is -3.59. The van der Waals surface area contributed by atoms with Crippen molar-refractivity contribution in [3.63, 3.8) is 0 Å². The van der Waals surface area contributed by atoms with Crippen LogP contribution in [0.1, 0.15) is 41.4 Å². The molecule has 0 saturated carbocycles. The number of nitrogens with two attached hydrogens (primary N) is 1. The van der Waals surface area contributed by atoms with Gasteiger partial charge in [0.05, 0.1) is 24.1 Å². The van der Waals surface area contributed by atoms with Gasteiger partial charge in [0.25, 0.3) is 5.91 Å². The third-order valence-corrected chi connectivity index (χ3v) is 6.19. The van der Waals surface area contributed by atoms with Crippen molar-refractivity contribution in [3.05, 3.63) is 47.3 Å². The number of aliphatic imine (C=N–C) groups is 1. The quantitative estimate of drug-likeness (QED) is 0.367. The normalized spacial score (nSPS) is 14.8. The first-order valence-corrected chi connectivity index (χ1v) is 11.6. The van der Waals surface area contributed by atoms with E-state index in [1.807, 2.05) is 29.7 Å². The molecule has 4 rings (SSSR count). The highest BCUT2D eigenvalue weighted by molar-refractivity contribution is 6.09. The second-order valence-electron chi connectivity index (χ2n) is 8.52. The maximum Gasteiger partial charge on any atom is 0.259 e. The third kappa shape index (κ3) is 4.70. The molecule has 0 spiro atoms. The lowest BCUT2D eigenvalue weighted by Gasteiger charge is -2.34. The van der Waals surface area contributed by atoms with Crippen molar-refractivity contribution in [1.82, 2.24) is 14.7 Å². The van der Waals surface area contributed by atoms with Crippen LogP contribution >= 0.6 is 0 Å². The van der Waals surface area contributed by atoms with Crippen LogP contribution in [-0.2, 0) is 0 Å². The number of rotatable bonds is 7. The van der Waals surface area contributed by atoms with Gasteiger partial charge in [-0.15, -0.1) is 0 Å². The maximum absolute atomic E-state index is 13.4. The van der Waals surface area contributed by atoms with Crippen LogP contribution in [0.5, 0.6) is 5.75 Å². The first kappa shape index (κ1) is 23.6. The Kier molecular flexibility index (Phi) is 7.02. The van der Waals surface area contributed by atoms with E-state index in [0.29, 0.717) is 39.9 Å². The van der Waals surface area contributed by atoms with E-state index in [1.54, 1.807) is 32.5 Å². The first-order valence-electron chi connectivity index (χ1n) is 11.6. The number of carbonyl (C=O) groups excluding carboxylic acids is 1. The molecule has 1 aliphatic heterocycles. The standard InChI is InChI=1S/C25H33N7O2/c1-5-28-18-8-10-31(11-9-18)23-7-6-19(24-29-16(2)15-32(23)24)25(33)30-21-12-17(14-27-3)20(26)13-22(21)34-4/h6-7,12-15,18,28H,5,8-11,26H2,1-4H3,(H,30,33). The molecule has 3 heterocycles. The summed E-state index contributed by atoms with van der Waals surface area (Å²) in [4.78, 5) is 24.4. The predicted octanol–water partition coefficient (Wildman–Crippen LogP) is 3.11. The zero-order valence-electron chi connectivity index (χ0n) is 20.3. The molecule has 180 valence electrons. The SMILES string of the molecule is CCNC1CCN(c2ccc(C(=O)Nc3cc(C=NC)c(N)cc3OC)c3nc(C)cn23)CC1. The molecule has 1 fully saturated rings. The molecule has 0 bridgehead atoms. The van der Waals surface area contributed by atoms with Gasteiger partial charge in [-0.1, -0.05) is 6.92 Å². The Bertz CT molecular complexity index is 1210. The lowest BCUT2D eigenvalue weighted by atomic mass is 10.0. The molecule has 0 atom stereocenters. The van der Waals surface area contributed by atoms with E-state index in [9.17, 15) is 4.79 Å². The second kappa shape index (κ2) is 10.1. The van der Waals surface area contributed by atoms with E-state index in [0.717, 1.165) is 44.0 Å². The monoisotopic (exact) mass is 463 g/mol. The number of anilines is 3. The molecule has 9 nitrogen and oxygen atoms in total. The highest BCUT2D eigenvalue weighted by Gasteiger charge is 2.23. The van der Waals surface area contributed by atoms with Crippen molar-refractivity contribution in [2.24, 2.45) is 4.99 Å². The second-order valence-corrected chi connectivity index (χ2v) is 8.52. The summed E-state index contributed by atoms with van der Waals surface area (Å²) >= 11 is 0. The number of hydrogen-bond acceptors (Lipinski definition) is 7. The first-order chi connectivity index (χ1) is 16.4. The van der Waals surface area contributed by atoms with Crippen LogP contribution in [0.15, 0.2) is 35.5 Å². The van der Waals surface area contributed by atoms with E-state index < -0.39 is 0 Å². The van der Waals surface area contributed by atoms with Crippen LogP contribution in [0.4, 0.5) is 17.2 Å². The number of amides is 1. The number of nitrogens with zero attached hydrogens (tertiary/aromatic N) is 4. The molecule has 2 aromatic heterocycles. The smallest absolute Gasteiger partial charge is 0.259 e. The fourth-order valence-electron chi connectivity index (χ4n) is 4.53. The number of imidazole rings is 1. The lowest BCUT2D eigenvalue weighted by molar-refractivity contribution is 0.102. The third-order valence-electron chi connectivity index (χ3n) is 6.19. The molecule has 1 aliphatic rings. The maximum atomic E-state index is 13.4. The zero-order valence-corrected chi connectivity index (χ0v) is 20.3. The van der Waals surface area contributed by atoms with Crippen molar-refractivity contribution >= 4 is 35.0 Å². The van der Waals surface area contributed by atoms with E-state index in [1.165, 1.54) is 0 Å². The Morgan fingerprint density at radius 3 is 2.76 bits per heavy atom. The molecule has 4 N–H and O–H groups in total. The van der Waals surface area contributed by atoms with E-state index in [2.05, 4.69) is 32.4 Å². The average molecular weight is 464 g/mol. The van der Waals surface area contributed by atoms with Crippen molar-refractivity contribution in [2.75, 3.05) is 49.7 Å². The summed E-state index contributed by atoms with van der Waals surface area (Å²) in [5.41, 5.74) is 9.80. The number of benzene rings is 1. The molecule has 9 heteroatoms. The Morgan fingerprint density at radius 1 is 1.32 bits per heavy atom. The fourth-order valence-corrected chi connectivity index (χ4v) is 4.53. The molecular weight excluding hydrogens is 430 g/mol. The molecule has 1 aromatic carbocycles. The van der Waals surface area contributed by atoms with Crippen LogP contribution in [-0.4, -0.2) is 61.3 Å². The van der Waals surface area contributed by atoms with Gasteiger partial charge in [-0.25, -0.2) is 4.98 Å². The average Bonchev–Trinajstić information content (AvgIpc) is 3.22. The Balaban J connectivity index is 1.64. The van der Waals surface area contributed by atoms with Gasteiger partial charge in [-0.2, -0.15) is 0 Å². The fraction of sp³-hybridized carbons (Fsp3) is 0.400. The van der Waals surface area contributed by atoms with Gasteiger partial charge in [-0.05, 0) is 44.5 Å². The minimum atomic E-state index is -0.268. The predicted molar refractivity (Wildman–Crippen MR) is 138 cm³/mol. The molecule has 3 aromatic rings. The van der Waals surface area contributed by atoms with E-state index in [4.69, 9.17) is 10.5 Å². The number of piperidine rings is 1. The lowest BCUT2D eigenvalue weighted by Crippen LogP contribution is -2.43. The van der Waals surface area contributed by atoms with Gasteiger partial charge >= 0.3 is 0 Å². The number of nitrogen functional groups attached to an aromatic ring is 1. The van der Waals surface area contributed by atoms with Crippen LogP contribution < -0.4 is 26.0 Å². The van der Waals surface area contributed by atoms with Crippen LogP contribution in [0.2, 0.25) is 0 Å². The molecule has 0 radical (unpaired) electrons. The Morgan fingerprint density at radius 2 is 2.09 bits per heavy atom. The summed E-state index contributed by atoms with van der Waals surface area (Å²) in [5, 5.41) is 6.51. The number of aromatic nitrogens is 2. The molecule has 34 heavy (non-hydrogen) atoms. The van der Waals surface area contributed by atoms with Gasteiger partial charge < -0.3 is 26.0 Å². The molecule has 0 unspecified atom stereocenters. The number of nitrogens with one attached hydrogen (secondary N) is 2.